The monoisotopic (exact) mass is 310 g/mol. The molecule has 1 aromatic carbocycles. The lowest BCUT2D eigenvalue weighted by Gasteiger charge is -2.14. The Morgan fingerprint density at radius 2 is 1.90 bits per heavy atom. The number of carbonyl (C=O) groups is 1. The molecule has 2 N–H and O–H groups in total. The first kappa shape index (κ1) is 17.3. The van der Waals surface area contributed by atoms with Gasteiger partial charge in [0.25, 0.3) is 0 Å². The number of amides is 1. The molecule has 1 amide bonds. The van der Waals surface area contributed by atoms with Gasteiger partial charge in [-0.15, -0.1) is 0 Å². The van der Waals surface area contributed by atoms with Gasteiger partial charge < -0.3 is 15.5 Å². The molecule has 21 heavy (non-hydrogen) atoms. The number of hydrogen-bond acceptors (Lipinski definition) is 2. The summed E-state index contributed by atoms with van der Waals surface area (Å²) >= 11 is 5.85. The van der Waals surface area contributed by atoms with Crippen molar-refractivity contribution in [3.63, 3.8) is 0 Å². The molecular formula is C15H23ClN4O. The number of benzene rings is 1. The van der Waals surface area contributed by atoms with E-state index in [0.717, 1.165) is 18.5 Å². The van der Waals surface area contributed by atoms with E-state index in [0.29, 0.717) is 17.5 Å². The predicted molar refractivity (Wildman–Crippen MR) is 87.6 cm³/mol. The molecule has 0 bridgehead atoms. The van der Waals surface area contributed by atoms with Crippen molar-refractivity contribution in [3.05, 3.63) is 34.9 Å². The maximum Gasteiger partial charge on any atom is 0.241 e. The van der Waals surface area contributed by atoms with Crippen LogP contribution in [0.15, 0.2) is 29.3 Å². The fourth-order valence-electron chi connectivity index (χ4n) is 1.50. The molecule has 0 unspecified atom stereocenters. The summed E-state index contributed by atoms with van der Waals surface area (Å²) in [5.41, 5.74) is 1.07. The van der Waals surface area contributed by atoms with Crippen LogP contribution in [0.25, 0.3) is 0 Å². The highest BCUT2D eigenvalue weighted by molar-refractivity contribution is 6.30. The van der Waals surface area contributed by atoms with Gasteiger partial charge in [0.05, 0.1) is 13.1 Å². The highest BCUT2D eigenvalue weighted by Gasteiger charge is 2.05. The van der Waals surface area contributed by atoms with E-state index in [9.17, 15) is 4.79 Å². The third-order valence-corrected chi connectivity index (χ3v) is 3.03. The average molecular weight is 311 g/mol. The van der Waals surface area contributed by atoms with E-state index in [1.165, 1.54) is 0 Å². The van der Waals surface area contributed by atoms with Gasteiger partial charge in [-0.25, -0.2) is 4.99 Å². The molecule has 0 spiro atoms. The van der Waals surface area contributed by atoms with E-state index in [4.69, 9.17) is 11.6 Å². The summed E-state index contributed by atoms with van der Waals surface area (Å²) in [7, 11) is 3.46. The number of nitrogens with zero attached hydrogens (tertiary/aromatic N) is 2. The molecule has 116 valence electrons. The summed E-state index contributed by atoms with van der Waals surface area (Å²) < 4.78 is 0. The van der Waals surface area contributed by atoms with Crippen LogP contribution in [0.1, 0.15) is 18.9 Å². The molecule has 0 fully saturated rings. The summed E-state index contributed by atoms with van der Waals surface area (Å²) in [6.07, 6.45) is 0.989. The summed E-state index contributed by atoms with van der Waals surface area (Å²) in [5.74, 6) is 0.648. The van der Waals surface area contributed by atoms with Crippen LogP contribution in [0.5, 0.6) is 0 Å². The van der Waals surface area contributed by atoms with Crippen molar-refractivity contribution in [3.8, 4) is 0 Å². The first-order chi connectivity index (χ1) is 10.0. The maximum atomic E-state index is 11.6. The minimum Gasteiger partial charge on any atom is -0.356 e. The number of rotatable bonds is 6. The molecule has 0 aliphatic carbocycles. The van der Waals surface area contributed by atoms with Crippen molar-refractivity contribution in [2.45, 2.75) is 19.9 Å². The topological polar surface area (TPSA) is 56.7 Å². The van der Waals surface area contributed by atoms with E-state index >= 15 is 0 Å². The Kier molecular flexibility index (Phi) is 7.61. The molecule has 0 saturated carbocycles. The van der Waals surface area contributed by atoms with Crippen molar-refractivity contribution < 1.29 is 4.79 Å². The number of guanidine groups is 1. The van der Waals surface area contributed by atoms with Crippen LogP contribution in [0.3, 0.4) is 0 Å². The van der Waals surface area contributed by atoms with Crippen LogP contribution in [0.4, 0.5) is 0 Å². The molecule has 0 aromatic heterocycles. The number of likely N-dealkylation sites (N-methyl/N-ethyl adjacent to an activating group) is 1. The van der Waals surface area contributed by atoms with Crippen molar-refractivity contribution >= 4 is 23.5 Å². The van der Waals surface area contributed by atoms with Gasteiger partial charge in [0.1, 0.15) is 0 Å². The summed E-state index contributed by atoms with van der Waals surface area (Å²) in [6, 6.07) is 7.56. The minimum absolute atomic E-state index is 0.00694. The van der Waals surface area contributed by atoms with Gasteiger partial charge in [0, 0.05) is 25.7 Å². The second kappa shape index (κ2) is 9.23. The van der Waals surface area contributed by atoms with Gasteiger partial charge >= 0.3 is 0 Å². The van der Waals surface area contributed by atoms with E-state index < -0.39 is 0 Å². The van der Waals surface area contributed by atoms with Crippen LogP contribution >= 0.6 is 11.6 Å². The molecule has 0 saturated heterocycles. The van der Waals surface area contributed by atoms with Crippen LogP contribution in [-0.4, -0.2) is 44.0 Å². The predicted octanol–water partition coefficient (Wildman–Crippen LogP) is 1.87. The van der Waals surface area contributed by atoms with Crippen molar-refractivity contribution in [1.29, 1.82) is 0 Å². The van der Waals surface area contributed by atoms with Gasteiger partial charge in [0.15, 0.2) is 5.96 Å². The number of halogens is 1. The van der Waals surface area contributed by atoms with Crippen LogP contribution in [-0.2, 0) is 11.3 Å². The highest BCUT2D eigenvalue weighted by atomic mass is 35.5. The molecule has 0 radical (unpaired) electrons. The number of hydrogen-bond donors (Lipinski definition) is 2. The Balaban J connectivity index is 2.60. The Morgan fingerprint density at radius 3 is 2.48 bits per heavy atom. The fraction of sp³-hybridized carbons (Fsp3) is 0.467. The third kappa shape index (κ3) is 6.99. The zero-order valence-electron chi connectivity index (χ0n) is 12.8. The molecule has 0 aliphatic rings. The Labute approximate surface area is 131 Å². The second-order valence-corrected chi connectivity index (χ2v) is 5.30. The lowest BCUT2D eigenvalue weighted by atomic mass is 10.2. The van der Waals surface area contributed by atoms with Gasteiger partial charge in [-0.1, -0.05) is 30.7 Å². The van der Waals surface area contributed by atoms with Crippen molar-refractivity contribution in [1.82, 2.24) is 15.5 Å². The average Bonchev–Trinajstić information content (AvgIpc) is 2.47. The largest absolute Gasteiger partial charge is 0.356 e. The zero-order chi connectivity index (χ0) is 15.7. The van der Waals surface area contributed by atoms with Gasteiger partial charge in [-0.3, -0.25) is 4.79 Å². The van der Waals surface area contributed by atoms with E-state index in [1.807, 2.05) is 24.3 Å². The Morgan fingerprint density at radius 1 is 1.24 bits per heavy atom. The molecular weight excluding hydrogens is 288 g/mol. The molecule has 6 heteroatoms. The first-order valence-corrected chi connectivity index (χ1v) is 7.37. The molecule has 0 atom stereocenters. The molecule has 5 nitrogen and oxygen atoms in total. The maximum absolute atomic E-state index is 11.6. The van der Waals surface area contributed by atoms with Gasteiger partial charge in [-0.2, -0.15) is 0 Å². The molecule has 0 heterocycles. The molecule has 0 aliphatic heterocycles. The van der Waals surface area contributed by atoms with Crippen LogP contribution < -0.4 is 10.6 Å². The lowest BCUT2D eigenvalue weighted by molar-refractivity contribution is -0.127. The Hall–Kier alpha value is -1.75. The summed E-state index contributed by atoms with van der Waals surface area (Å²) in [5, 5.41) is 6.94. The molecule has 1 aromatic rings. The van der Waals surface area contributed by atoms with E-state index in [2.05, 4.69) is 22.5 Å². The zero-order valence-corrected chi connectivity index (χ0v) is 13.6. The number of nitrogens with one attached hydrogen (secondary N) is 2. The normalized spacial score (nSPS) is 11.1. The Bertz CT molecular complexity index is 471. The van der Waals surface area contributed by atoms with Crippen LogP contribution in [0.2, 0.25) is 5.02 Å². The fourth-order valence-corrected chi connectivity index (χ4v) is 1.62. The lowest BCUT2D eigenvalue weighted by Crippen LogP contribution is -2.43. The number of carbonyl (C=O) groups excluding carboxylic acids is 1. The molecule has 1 rings (SSSR count). The first-order valence-electron chi connectivity index (χ1n) is 6.99. The third-order valence-electron chi connectivity index (χ3n) is 2.78. The summed E-state index contributed by atoms with van der Waals surface area (Å²) in [6.45, 7) is 3.65. The van der Waals surface area contributed by atoms with E-state index in [-0.39, 0.29) is 12.5 Å². The SMILES string of the molecule is CCCNC(=NCc1ccc(Cl)cc1)NCC(=O)N(C)C. The van der Waals surface area contributed by atoms with E-state index in [1.54, 1.807) is 19.0 Å². The van der Waals surface area contributed by atoms with Gasteiger partial charge in [0.2, 0.25) is 5.91 Å². The smallest absolute Gasteiger partial charge is 0.241 e. The number of aliphatic imine (C=N–C) groups is 1. The minimum atomic E-state index is 0.00694. The van der Waals surface area contributed by atoms with Crippen molar-refractivity contribution in [2.24, 2.45) is 4.99 Å². The van der Waals surface area contributed by atoms with Crippen molar-refractivity contribution in [2.75, 3.05) is 27.2 Å². The summed E-state index contributed by atoms with van der Waals surface area (Å²) in [4.78, 5) is 17.6. The highest BCUT2D eigenvalue weighted by Crippen LogP contribution is 2.10. The second-order valence-electron chi connectivity index (χ2n) is 4.86. The standard InChI is InChI=1S/C15H23ClN4O/c1-4-9-17-15(19-11-14(21)20(2)3)18-10-12-5-7-13(16)8-6-12/h5-8H,4,9-11H2,1-3H3,(H2,17,18,19). The van der Waals surface area contributed by atoms with Gasteiger partial charge in [-0.05, 0) is 24.1 Å². The van der Waals surface area contributed by atoms with Crippen LogP contribution in [0, 0.1) is 0 Å². The quantitative estimate of drug-likeness (QED) is 0.623.